The molecule has 0 aliphatic rings. The van der Waals surface area contributed by atoms with Crippen LogP contribution >= 0.6 is 0 Å². The third-order valence-corrected chi connectivity index (χ3v) is 3.55. The maximum Gasteiger partial charge on any atom is 0.449 e. The van der Waals surface area contributed by atoms with Crippen molar-refractivity contribution in [2.75, 3.05) is 13.7 Å². The number of ether oxygens (including phenoxy) is 2. The van der Waals surface area contributed by atoms with Crippen molar-refractivity contribution < 1.29 is 22.6 Å². The topological polar surface area (TPSA) is 36.3 Å². The molecule has 0 spiro atoms. The highest BCUT2D eigenvalue weighted by Crippen LogP contribution is 2.31. The molecule has 2 aromatic carbocycles. The van der Waals surface area contributed by atoms with E-state index in [9.17, 15) is 13.2 Å². The van der Waals surface area contributed by atoms with Crippen LogP contribution in [-0.2, 0) is 12.7 Å². The minimum Gasteiger partial charge on any atom is -0.497 e. The number of halogens is 3. The van der Waals surface area contributed by atoms with Crippen LogP contribution in [0.25, 0.3) is 11.0 Å². The zero-order valence-corrected chi connectivity index (χ0v) is 12.9. The summed E-state index contributed by atoms with van der Waals surface area (Å²) in [5.41, 5.74) is 0.748. The molecular formula is C17H15F3N2O2. The monoisotopic (exact) mass is 336 g/mol. The lowest BCUT2D eigenvalue weighted by Gasteiger charge is -2.12. The summed E-state index contributed by atoms with van der Waals surface area (Å²) in [6.07, 6.45) is -4.51. The minimum absolute atomic E-state index is 0.0430. The van der Waals surface area contributed by atoms with Crippen molar-refractivity contribution in [3.05, 3.63) is 54.4 Å². The molecule has 0 saturated heterocycles. The first-order chi connectivity index (χ1) is 11.5. The van der Waals surface area contributed by atoms with Crippen molar-refractivity contribution >= 4 is 11.0 Å². The molecule has 0 atom stereocenters. The van der Waals surface area contributed by atoms with Crippen LogP contribution in [0.2, 0.25) is 0 Å². The molecule has 7 heteroatoms. The van der Waals surface area contributed by atoms with E-state index in [0.29, 0.717) is 22.5 Å². The van der Waals surface area contributed by atoms with Crippen LogP contribution in [0.1, 0.15) is 5.82 Å². The molecule has 3 aromatic rings. The molecule has 1 aromatic heterocycles. The summed E-state index contributed by atoms with van der Waals surface area (Å²) >= 11 is 0. The van der Waals surface area contributed by atoms with Crippen LogP contribution in [0.4, 0.5) is 13.2 Å². The normalized spacial score (nSPS) is 11.7. The predicted octanol–water partition coefficient (Wildman–Crippen LogP) is 4.14. The zero-order chi connectivity index (χ0) is 17.2. The molecule has 24 heavy (non-hydrogen) atoms. The van der Waals surface area contributed by atoms with Crippen LogP contribution in [-0.4, -0.2) is 23.3 Å². The molecular weight excluding hydrogens is 321 g/mol. The molecule has 0 fully saturated rings. The van der Waals surface area contributed by atoms with Gasteiger partial charge in [0.1, 0.15) is 18.1 Å². The van der Waals surface area contributed by atoms with E-state index in [-0.39, 0.29) is 13.2 Å². The van der Waals surface area contributed by atoms with Crippen molar-refractivity contribution in [1.82, 2.24) is 9.55 Å². The first-order valence-corrected chi connectivity index (χ1v) is 7.28. The smallest absolute Gasteiger partial charge is 0.449 e. The Bertz CT molecular complexity index is 826. The van der Waals surface area contributed by atoms with Gasteiger partial charge in [0.15, 0.2) is 0 Å². The van der Waals surface area contributed by atoms with E-state index in [1.165, 1.54) is 0 Å². The highest BCUT2D eigenvalue weighted by atomic mass is 19.4. The molecule has 126 valence electrons. The molecule has 4 nitrogen and oxygen atoms in total. The Morgan fingerprint density at radius 3 is 2.33 bits per heavy atom. The van der Waals surface area contributed by atoms with Gasteiger partial charge < -0.3 is 14.0 Å². The second-order valence-corrected chi connectivity index (χ2v) is 5.10. The number of hydrogen-bond acceptors (Lipinski definition) is 3. The second-order valence-electron chi connectivity index (χ2n) is 5.10. The third kappa shape index (κ3) is 3.29. The van der Waals surface area contributed by atoms with Gasteiger partial charge in [-0.1, -0.05) is 12.1 Å². The fourth-order valence-corrected chi connectivity index (χ4v) is 2.44. The van der Waals surface area contributed by atoms with Crippen LogP contribution in [0, 0.1) is 0 Å². The van der Waals surface area contributed by atoms with Crippen molar-refractivity contribution in [3.8, 4) is 11.5 Å². The maximum atomic E-state index is 13.2. The highest BCUT2D eigenvalue weighted by Gasteiger charge is 2.37. The summed E-state index contributed by atoms with van der Waals surface area (Å²) in [4.78, 5) is 3.70. The average molecular weight is 336 g/mol. The number of hydrogen-bond donors (Lipinski definition) is 0. The van der Waals surface area contributed by atoms with Gasteiger partial charge in [0.25, 0.3) is 0 Å². The van der Waals surface area contributed by atoms with Gasteiger partial charge >= 0.3 is 6.18 Å². The lowest BCUT2D eigenvalue weighted by molar-refractivity contribution is -0.147. The van der Waals surface area contributed by atoms with Gasteiger partial charge in [-0.2, -0.15) is 13.2 Å². The van der Waals surface area contributed by atoms with Gasteiger partial charge in [-0.15, -0.1) is 0 Å². The SMILES string of the molecule is COc1ccc(OCCn2c(C(F)(F)F)nc3ccccc32)cc1. The van der Waals surface area contributed by atoms with Gasteiger partial charge in [-0.25, -0.2) is 4.98 Å². The zero-order valence-electron chi connectivity index (χ0n) is 12.9. The van der Waals surface area contributed by atoms with Gasteiger partial charge in [0.2, 0.25) is 5.82 Å². The van der Waals surface area contributed by atoms with Gasteiger partial charge in [0.05, 0.1) is 24.7 Å². The number of rotatable bonds is 5. The predicted molar refractivity (Wildman–Crippen MR) is 83.2 cm³/mol. The Kier molecular flexibility index (Phi) is 4.33. The van der Waals surface area contributed by atoms with Crippen molar-refractivity contribution in [2.45, 2.75) is 12.7 Å². The van der Waals surface area contributed by atoms with Crippen molar-refractivity contribution in [3.63, 3.8) is 0 Å². The molecule has 0 bridgehead atoms. The molecule has 1 heterocycles. The fraction of sp³-hybridized carbons (Fsp3) is 0.235. The molecule has 0 aliphatic heterocycles. The summed E-state index contributed by atoms with van der Waals surface area (Å²) in [6.45, 7) is 0.136. The van der Waals surface area contributed by atoms with Crippen LogP contribution in [0.5, 0.6) is 11.5 Å². The largest absolute Gasteiger partial charge is 0.497 e. The third-order valence-electron chi connectivity index (χ3n) is 3.55. The number of para-hydroxylation sites is 2. The van der Waals surface area contributed by atoms with Crippen LogP contribution in [0.3, 0.4) is 0 Å². The summed E-state index contributed by atoms with van der Waals surface area (Å²) in [5.74, 6) is 0.332. The first-order valence-electron chi connectivity index (χ1n) is 7.28. The van der Waals surface area contributed by atoms with Gasteiger partial charge in [-0.3, -0.25) is 0 Å². The Balaban J connectivity index is 1.78. The molecule has 0 radical (unpaired) electrons. The Morgan fingerprint density at radius 2 is 1.67 bits per heavy atom. The highest BCUT2D eigenvalue weighted by molar-refractivity contribution is 5.76. The molecule has 0 N–H and O–H groups in total. The number of imidazole rings is 1. The van der Waals surface area contributed by atoms with Gasteiger partial charge in [0, 0.05) is 0 Å². The molecule has 0 saturated carbocycles. The number of nitrogens with zero attached hydrogens (tertiary/aromatic N) is 2. The number of alkyl halides is 3. The Morgan fingerprint density at radius 1 is 1.00 bits per heavy atom. The van der Waals surface area contributed by atoms with Gasteiger partial charge in [-0.05, 0) is 36.4 Å². The van der Waals surface area contributed by atoms with E-state index in [1.54, 1.807) is 55.6 Å². The van der Waals surface area contributed by atoms with E-state index in [4.69, 9.17) is 9.47 Å². The van der Waals surface area contributed by atoms with Crippen molar-refractivity contribution in [1.29, 1.82) is 0 Å². The molecule has 0 aliphatic carbocycles. The summed E-state index contributed by atoms with van der Waals surface area (Å²) in [7, 11) is 1.55. The first kappa shape index (κ1) is 16.2. The Labute approximate surface area is 136 Å². The lowest BCUT2D eigenvalue weighted by atomic mass is 10.3. The standard InChI is InChI=1S/C17H15F3N2O2/c1-23-12-6-8-13(9-7-12)24-11-10-22-15-5-3-2-4-14(15)21-16(22)17(18,19)20/h2-9H,10-11H2,1H3. The molecule has 3 rings (SSSR count). The maximum absolute atomic E-state index is 13.2. The van der Waals surface area contributed by atoms with Crippen molar-refractivity contribution in [2.24, 2.45) is 0 Å². The van der Waals surface area contributed by atoms with E-state index in [0.717, 1.165) is 4.57 Å². The van der Waals surface area contributed by atoms with Crippen LogP contribution in [0.15, 0.2) is 48.5 Å². The van der Waals surface area contributed by atoms with E-state index >= 15 is 0 Å². The van der Waals surface area contributed by atoms with E-state index < -0.39 is 12.0 Å². The lowest BCUT2D eigenvalue weighted by Crippen LogP contribution is -2.18. The summed E-state index contributed by atoms with van der Waals surface area (Å²) in [5, 5.41) is 0. The fourth-order valence-electron chi connectivity index (χ4n) is 2.44. The number of aromatic nitrogens is 2. The number of benzene rings is 2. The summed E-state index contributed by atoms with van der Waals surface area (Å²) in [6, 6.07) is 13.4. The van der Waals surface area contributed by atoms with E-state index in [1.807, 2.05) is 0 Å². The number of fused-ring (bicyclic) bond motifs is 1. The van der Waals surface area contributed by atoms with E-state index in [2.05, 4.69) is 4.98 Å². The number of methoxy groups -OCH3 is 1. The Hall–Kier alpha value is -2.70. The summed E-state index contributed by atoms with van der Waals surface area (Å²) < 4.78 is 51.2. The molecule has 0 unspecified atom stereocenters. The average Bonchev–Trinajstić information content (AvgIpc) is 2.95. The second kappa shape index (κ2) is 6.43. The van der Waals surface area contributed by atoms with Crippen LogP contribution < -0.4 is 9.47 Å². The minimum atomic E-state index is -4.51. The molecule has 0 amide bonds. The quantitative estimate of drug-likeness (QED) is 0.702.